The monoisotopic (exact) mass is 456 g/mol. The number of fused-ring (bicyclic) bond motifs is 1. The Hall–Kier alpha value is -2.96. The molecule has 4 aromatic rings. The van der Waals surface area contributed by atoms with E-state index in [4.69, 9.17) is 28.2 Å². The molecule has 158 valence electrons. The van der Waals surface area contributed by atoms with Gasteiger partial charge in [-0.1, -0.05) is 35.3 Å². The van der Waals surface area contributed by atoms with E-state index in [1.54, 1.807) is 43.6 Å². The highest BCUT2D eigenvalue weighted by Crippen LogP contribution is 2.31. The standard InChI is InChI=1S/C23H19Cl2FN4O/c1-14(23(31)28-13-16-6-8-27-9-7-16)30-21-12-19(25)18(24)11-20(21)29-22(30)10-15-2-4-17(26)5-3-15/h2-9,11-12,14H,10,13H2,1H3,(H,28,31)/t14-/m1/s1. The molecule has 0 unspecified atom stereocenters. The normalized spacial score (nSPS) is 12.1. The molecule has 0 radical (unpaired) electrons. The first-order valence-electron chi connectivity index (χ1n) is 9.69. The van der Waals surface area contributed by atoms with E-state index in [0.29, 0.717) is 39.9 Å². The van der Waals surface area contributed by atoms with Crippen molar-refractivity contribution >= 4 is 40.1 Å². The Balaban J connectivity index is 1.68. The Labute approximate surface area is 188 Å². The lowest BCUT2D eigenvalue weighted by molar-refractivity contribution is -0.124. The van der Waals surface area contributed by atoms with Crippen LogP contribution in [0.2, 0.25) is 10.0 Å². The van der Waals surface area contributed by atoms with Crippen LogP contribution in [0.5, 0.6) is 0 Å². The first-order chi connectivity index (χ1) is 14.9. The second-order valence-corrected chi connectivity index (χ2v) is 8.02. The quantitative estimate of drug-likeness (QED) is 0.425. The third-order valence-electron chi connectivity index (χ3n) is 5.06. The van der Waals surface area contributed by atoms with Crippen molar-refractivity contribution < 1.29 is 9.18 Å². The van der Waals surface area contributed by atoms with Crippen molar-refractivity contribution in [3.05, 3.63) is 93.7 Å². The van der Waals surface area contributed by atoms with Gasteiger partial charge < -0.3 is 9.88 Å². The fourth-order valence-corrected chi connectivity index (χ4v) is 3.75. The van der Waals surface area contributed by atoms with Crippen molar-refractivity contribution in [3.8, 4) is 0 Å². The highest BCUT2D eigenvalue weighted by atomic mass is 35.5. The van der Waals surface area contributed by atoms with Gasteiger partial charge in [0.1, 0.15) is 17.7 Å². The molecule has 0 fully saturated rings. The maximum atomic E-state index is 13.3. The summed E-state index contributed by atoms with van der Waals surface area (Å²) in [4.78, 5) is 21.7. The Morgan fingerprint density at radius 2 is 1.74 bits per heavy atom. The molecule has 2 aromatic heterocycles. The highest BCUT2D eigenvalue weighted by molar-refractivity contribution is 6.42. The number of benzene rings is 2. The molecule has 4 rings (SSSR count). The van der Waals surface area contributed by atoms with E-state index in [-0.39, 0.29) is 11.7 Å². The van der Waals surface area contributed by atoms with Crippen molar-refractivity contribution in [1.29, 1.82) is 0 Å². The smallest absolute Gasteiger partial charge is 0.243 e. The Bertz CT molecular complexity index is 1230. The molecule has 5 nitrogen and oxygen atoms in total. The summed E-state index contributed by atoms with van der Waals surface area (Å²) in [7, 11) is 0. The summed E-state index contributed by atoms with van der Waals surface area (Å²) in [6.07, 6.45) is 3.79. The molecule has 0 aliphatic carbocycles. The van der Waals surface area contributed by atoms with Crippen LogP contribution in [0.4, 0.5) is 4.39 Å². The average molecular weight is 457 g/mol. The third-order valence-corrected chi connectivity index (χ3v) is 5.79. The second kappa shape index (κ2) is 9.04. The first-order valence-corrected chi connectivity index (χ1v) is 10.4. The molecule has 1 amide bonds. The van der Waals surface area contributed by atoms with Crippen LogP contribution in [-0.2, 0) is 17.8 Å². The van der Waals surface area contributed by atoms with Crippen LogP contribution in [0.3, 0.4) is 0 Å². The van der Waals surface area contributed by atoms with Crippen molar-refractivity contribution in [2.75, 3.05) is 0 Å². The number of pyridine rings is 1. The number of carbonyl (C=O) groups excluding carboxylic acids is 1. The number of carbonyl (C=O) groups is 1. The number of hydrogen-bond donors (Lipinski definition) is 1. The predicted molar refractivity (Wildman–Crippen MR) is 120 cm³/mol. The van der Waals surface area contributed by atoms with Crippen molar-refractivity contribution in [3.63, 3.8) is 0 Å². The number of amides is 1. The lowest BCUT2D eigenvalue weighted by Crippen LogP contribution is -2.31. The van der Waals surface area contributed by atoms with Gasteiger partial charge in [0, 0.05) is 25.4 Å². The van der Waals surface area contributed by atoms with Crippen LogP contribution in [0.25, 0.3) is 11.0 Å². The molecule has 0 bridgehead atoms. The van der Waals surface area contributed by atoms with Gasteiger partial charge in [0.05, 0.1) is 21.1 Å². The summed E-state index contributed by atoms with van der Waals surface area (Å²) in [6, 6.07) is 12.7. The van der Waals surface area contributed by atoms with E-state index in [9.17, 15) is 9.18 Å². The second-order valence-electron chi connectivity index (χ2n) is 7.21. The lowest BCUT2D eigenvalue weighted by Gasteiger charge is -2.18. The Morgan fingerprint density at radius 1 is 1.06 bits per heavy atom. The van der Waals surface area contributed by atoms with Gasteiger partial charge >= 0.3 is 0 Å². The molecule has 2 aromatic carbocycles. The number of imidazole rings is 1. The Kier molecular flexibility index (Phi) is 6.20. The molecule has 1 N–H and O–H groups in total. The summed E-state index contributed by atoms with van der Waals surface area (Å²) in [6.45, 7) is 2.19. The zero-order valence-corrected chi connectivity index (χ0v) is 18.2. The lowest BCUT2D eigenvalue weighted by atomic mass is 10.1. The molecular formula is C23H19Cl2FN4O. The maximum absolute atomic E-state index is 13.3. The summed E-state index contributed by atoms with van der Waals surface area (Å²) in [5, 5.41) is 3.73. The van der Waals surface area contributed by atoms with E-state index < -0.39 is 6.04 Å². The molecule has 0 aliphatic rings. The molecule has 8 heteroatoms. The maximum Gasteiger partial charge on any atom is 0.243 e. The summed E-state index contributed by atoms with van der Waals surface area (Å²) >= 11 is 12.4. The molecular weight excluding hydrogens is 438 g/mol. The van der Waals surface area contributed by atoms with Gasteiger partial charge in [-0.15, -0.1) is 0 Å². The molecule has 0 saturated carbocycles. The minimum absolute atomic E-state index is 0.164. The summed E-state index contributed by atoms with van der Waals surface area (Å²) in [5.74, 6) is 0.189. The van der Waals surface area contributed by atoms with Crippen molar-refractivity contribution in [1.82, 2.24) is 19.9 Å². The SMILES string of the molecule is C[C@H](C(=O)NCc1ccncc1)n1c(Cc2ccc(F)cc2)nc2cc(Cl)c(Cl)cc21. The molecule has 2 heterocycles. The highest BCUT2D eigenvalue weighted by Gasteiger charge is 2.22. The first kappa shape index (κ1) is 21.3. The Morgan fingerprint density at radius 3 is 2.45 bits per heavy atom. The van der Waals surface area contributed by atoms with Gasteiger partial charge in [-0.05, 0) is 54.4 Å². The molecule has 1 atom stereocenters. The predicted octanol–water partition coefficient (Wildman–Crippen LogP) is 5.35. The number of nitrogens with one attached hydrogen (secondary N) is 1. The van der Waals surface area contributed by atoms with E-state index in [0.717, 1.165) is 11.1 Å². The van der Waals surface area contributed by atoms with Gasteiger partial charge in [-0.25, -0.2) is 9.37 Å². The number of hydrogen-bond acceptors (Lipinski definition) is 3. The van der Waals surface area contributed by atoms with Crippen LogP contribution < -0.4 is 5.32 Å². The fourth-order valence-electron chi connectivity index (χ4n) is 3.44. The molecule has 31 heavy (non-hydrogen) atoms. The van der Waals surface area contributed by atoms with Gasteiger partial charge in [0.15, 0.2) is 0 Å². The van der Waals surface area contributed by atoms with Gasteiger partial charge in [0.2, 0.25) is 5.91 Å². The van der Waals surface area contributed by atoms with E-state index >= 15 is 0 Å². The fraction of sp³-hybridized carbons (Fsp3) is 0.174. The third kappa shape index (κ3) is 4.70. The van der Waals surface area contributed by atoms with Crippen LogP contribution >= 0.6 is 23.2 Å². The van der Waals surface area contributed by atoms with Gasteiger partial charge in [-0.3, -0.25) is 9.78 Å². The topological polar surface area (TPSA) is 59.8 Å². The van der Waals surface area contributed by atoms with Crippen LogP contribution in [0, 0.1) is 5.82 Å². The number of rotatable bonds is 6. The van der Waals surface area contributed by atoms with Crippen LogP contribution in [0.15, 0.2) is 60.9 Å². The number of aromatic nitrogens is 3. The van der Waals surface area contributed by atoms with Gasteiger partial charge in [0.25, 0.3) is 0 Å². The van der Waals surface area contributed by atoms with Crippen molar-refractivity contribution in [2.24, 2.45) is 0 Å². The number of halogens is 3. The largest absolute Gasteiger partial charge is 0.350 e. The summed E-state index contributed by atoms with van der Waals surface area (Å²) in [5.41, 5.74) is 3.17. The molecule has 0 spiro atoms. The van der Waals surface area contributed by atoms with E-state index in [1.165, 1.54) is 12.1 Å². The molecule has 0 aliphatic heterocycles. The zero-order valence-electron chi connectivity index (χ0n) is 16.6. The summed E-state index contributed by atoms with van der Waals surface area (Å²) < 4.78 is 15.2. The van der Waals surface area contributed by atoms with Crippen LogP contribution in [0.1, 0.15) is 29.9 Å². The average Bonchev–Trinajstić information content (AvgIpc) is 3.10. The minimum atomic E-state index is -0.556. The van der Waals surface area contributed by atoms with E-state index in [1.807, 2.05) is 16.7 Å². The van der Waals surface area contributed by atoms with Crippen LogP contribution in [-0.4, -0.2) is 20.4 Å². The number of nitrogens with zero attached hydrogens (tertiary/aromatic N) is 3. The van der Waals surface area contributed by atoms with E-state index in [2.05, 4.69) is 10.3 Å². The minimum Gasteiger partial charge on any atom is -0.350 e. The van der Waals surface area contributed by atoms with Crippen molar-refractivity contribution in [2.45, 2.75) is 25.9 Å². The zero-order chi connectivity index (χ0) is 22.0. The van der Waals surface area contributed by atoms with Gasteiger partial charge in [-0.2, -0.15) is 0 Å². The molecule has 0 saturated heterocycles.